The highest BCUT2D eigenvalue weighted by molar-refractivity contribution is 5.86. The van der Waals surface area contributed by atoms with Crippen LogP contribution in [0, 0.1) is 5.41 Å². The third kappa shape index (κ3) is 5.32. The number of hydrogen-bond acceptors (Lipinski definition) is 4. The number of nitrogens with two attached hydrogens (primary N) is 2. The molecule has 1 fully saturated rings. The van der Waals surface area contributed by atoms with Gasteiger partial charge in [0.2, 0.25) is 0 Å². The van der Waals surface area contributed by atoms with Crippen molar-refractivity contribution < 1.29 is 0 Å². The van der Waals surface area contributed by atoms with Crippen molar-refractivity contribution in [2.24, 2.45) is 22.1 Å². The standard InChI is InChI=1S/C7H17N5.2C2H6/c1-7(6(8)10-11-9)3-4-12(2)5-7;2*1-2/h11H,3-5,9H2,1-2H3,(H2,8,10);2*1-2H3. The summed E-state index contributed by atoms with van der Waals surface area (Å²) >= 11 is 0. The van der Waals surface area contributed by atoms with Gasteiger partial charge in [0.1, 0.15) is 5.84 Å². The molecule has 1 aliphatic rings. The number of rotatable bonds is 2. The number of nitrogens with zero attached hydrogens (tertiary/aromatic N) is 2. The fraction of sp³-hybridized carbons (Fsp3) is 0.909. The first-order chi connectivity index (χ1) is 7.58. The van der Waals surface area contributed by atoms with Gasteiger partial charge >= 0.3 is 0 Å². The average molecular weight is 231 g/mol. The summed E-state index contributed by atoms with van der Waals surface area (Å²) in [5.41, 5.74) is 7.98. The van der Waals surface area contributed by atoms with Crippen LogP contribution in [-0.4, -0.2) is 30.9 Å². The van der Waals surface area contributed by atoms with Crippen LogP contribution < -0.4 is 17.1 Å². The van der Waals surface area contributed by atoms with Crippen molar-refractivity contribution >= 4 is 5.84 Å². The lowest BCUT2D eigenvalue weighted by atomic mass is 9.89. The molecule has 0 radical (unpaired) electrons. The molecule has 0 bridgehead atoms. The molecule has 0 saturated carbocycles. The minimum atomic E-state index is -0.0128. The third-order valence-corrected chi connectivity index (χ3v) is 2.47. The molecule has 98 valence electrons. The Morgan fingerprint density at radius 1 is 1.31 bits per heavy atom. The van der Waals surface area contributed by atoms with Crippen molar-refractivity contribution in [2.45, 2.75) is 41.0 Å². The maximum Gasteiger partial charge on any atom is 0.128 e. The molecular weight excluding hydrogens is 202 g/mol. The summed E-state index contributed by atoms with van der Waals surface area (Å²) in [6.45, 7) is 12.1. The third-order valence-electron chi connectivity index (χ3n) is 2.47. The highest BCUT2D eigenvalue weighted by Crippen LogP contribution is 2.28. The van der Waals surface area contributed by atoms with E-state index in [1.807, 2.05) is 27.7 Å². The van der Waals surface area contributed by atoms with Gasteiger partial charge in [0.15, 0.2) is 0 Å². The topological polar surface area (TPSA) is 79.7 Å². The zero-order valence-corrected chi connectivity index (χ0v) is 11.7. The Labute approximate surface area is 100 Å². The molecule has 1 atom stereocenters. The number of hydrazine groups is 1. The summed E-state index contributed by atoms with van der Waals surface area (Å²) < 4.78 is 0. The van der Waals surface area contributed by atoms with E-state index in [0.717, 1.165) is 19.5 Å². The number of likely N-dealkylation sites (tertiary alicyclic amines) is 1. The Hall–Kier alpha value is -0.810. The maximum absolute atomic E-state index is 5.77. The van der Waals surface area contributed by atoms with Gasteiger partial charge in [-0.3, -0.25) is 0 Å². The highest BCUT2D eigenvalue weighted by Gasteiger charge is 2.35. The fourth-order valence-electron chi connectivity index (χ4n) is 1.61. The molecule has 1 unspecified atom stereocenters. The first-order valence-electron chi connectivity index (χ1n) is 6.06. The maximum atomic E-state index is 5.77. The summed E-state index contributed by atoms with van der Waals surface area (Å²) in [5.74, 6) is 5.65. The molecule has 0 aromatic carbocycles. The SMILES string of the molecule is CC.CC.CN1CCC(C)(/C(N)=N/NN)C1. The van der Waals surface area contributed by atoms with E-state index < -0.39 is 0 Å². The molecule has 5 nitrogen and oxygen atoms in total. The molecule has 0 aromatic heterocycles. The van der Waals surface area contributed by atoms with Crippen LogP contribution in [-0.2, 0) is 0 Å². The molecule has 1 heterocycles. The van der Waals surface area contributed by atoms with E-state index in [9.17, 15) is 0 Å². The van der Waals surface area contributed by atoms with Crippen molar-refractivity contribution in [1.29, 1.82) is 0 Å². The van der Waals surface area contributed by atoms with E-state index >= 15 is 0 Å². The van der Waals surface area contributed by atoms with Crippen molar-refractivity contribution in [3.05, 3.63) is 0 Å². The molecule has 0 aromatic rings. The normalized spacial score (nSPS) is 25.1. The van der Waals surface area contributed by atoms with Crippen LogP contribution in [0.25, 0.3) is 0 Å². The first kappa shape index (κ1) is 17.6. The highest BCUT2D eigenvalue weighted by atomic mass is 15.5. The fourth-order valence-corrected chi connectivity index (χ4v) is 1.61. The molecule has 1 saturated heterocycles. The van der Waals surface area contributed by atoms with E-state index in [1.54, 1.807) is 0 Å². The Morgan fingerprint density at radius 3 is 2.12 bits per heavy atom. The quantitative estimate of drug-likeness (QED) is 0.288. The average Bonchev–Trinajstić information content (AvgIpc) is 2.66. The smallest absolute Gasteiger partial charge is 0.128 e. The predicted molar refractivity (Wildman–Crippen MR) is 71.9 cm³/mol. The lowest BCUT2D eigenvalue weighted by Gasteiger charge is -2.22. The van der Waals surface area contributed by atoms with Crippen molar-refractivity contribution in [2.75, 3.05) is 20.1 Å². The molecular formula is C11H29N5. The van der Waals surface area contributed by atoms with Crippen LogP contribution in [0.3, 0.4) is 0 Å². The van der Waals surface area contributed by atoms with Gasteiger partial charge in [0.05, 0.1) is 0 Å². The molecule has 1 aliphatic heterocycles. The molecule has 0 aliphatic carbocycles. The van der Waals surface area contributed by atoms with Gasteiger partial charge in [0.25, 0.3) is 0 Å². The Balaban J connectivity index is 0. The van der Waals surface area contributed by atoms with E-state index in [4.69, 9.17) is 11.6 Å². The van der Waals surface area contributed by atoms with E-state index in [2.05, 4.69) is 29.5 Å². The van der Waals surface area contributed by atoms with Crippen molar-refractivity contribution in [3.8, 4) is 0 Å². The molecule has 5 N–H and O–H groups in total. The van der Waals surface area contributed by atoms with Gasteiger partial charge in [-0.2, -0.15) is 5.10 Å². The van der Waals surface area contributed by atoms with Gasteiger partial charge in [-0.05, 0) is 20.0 Å². The Kier molecular flexibility index (Phi) is 10.3. The number of nitrogens with one attached hydrogen (secondary N) is 1. The molecule has 1 rings (SSSR count). The largest absolute Gasteiger partial charge is 0.385 e. The van der Waals surface area contributed by atoms with Crippen LogP contribution in [0.1, 0.15) is 41.0 Å². The lowest BCUT2D eigenvalue weighted by Crippen LogP contribution is -2.39. The second kappa shape index (κ2) is 9.42. The van der Waals surface area contributed by atoms with Crippen LogP contribution >= 0.6 is 0 Å². The van der Waals surface area contributed by atoms with Crippen LogP contribution in [0.4, 0.5) is 0 Å². The summed E-state index contributed by atoms with van der Waals surface area (Å²) in [5, 5.41) is 3.81. The Morgan fingerprint density at radius 2 is 1.81 bits per heavy atom. The second-order valence-electron chi connectivity index (χ2n) is 3.67. The molecule has 5 heteroatoms. The summed E-state index contributed by atoms with van der Waals surface area (Å²) in [4.78, 5) is 2.24. The zero-order valence-electron chi connectivity index (χ0n) is 11.7. The summed E-state index contributed by atoms with van der Waals surface area (Å²) in [6.07, 6.45) is 1.04. The first-order valence-corrected chi connectivity index (χ1v) is 6.06. The van der Waals surface area contributed by atoms with Gasteiger partial charge < -0.3 is 10.6 Å². The molecule has 0 amide bonds. The Bertz CT molecular complexity index is 193. The minimum Gasteiger partial charge on any atom is -0.385 e. The second-order valence-corrected chi connectivity index (χ2v) is 3.67. The van der Waals surface area contributed by atoms with E-state index in [-0.39, 0.29) is 5.41 Å². The van der Waals surface area contributed by atoms with Gasteiger partial charge in [-0.25, -0.2) is 11.4 Å². The lowest BCUT2D eigenvalue weighted by molar-refractivity contribution is 0.377. The van der Waals surface area contributed by atoms with Crippen LogP contribution in [0.15, 0.2) is 5.10 Å². The van der Waals surface area contributed by atoms with Crippen LogP contribution in [0.2, 0.25) is 0 Å². The molecule has 0 spiro atoms. The number of amidine groups is 1. The summed E-state index contributed by atoms with van der Waals surface area (Å²) in [6, 6.07) is 0. The minimum absolute atomic E-state index is 0.0128. The van der Waals surface area contributed by atoms with Gasteiger partial charge in [-0.15, -0.1) is 0 Å². The monoisotopic (exact) mass is 231 g/mol. The molecule has 16 heavy (non-hydrogen) atoms. The zero-order chi connectivity index (χ0) is 13.2. The van der Waals surface area contributed by atoms with Gasteiger partial charge in [0, 0.05) is 12.0 Å². The van der Waals surface area contributed by atoms with Crippen LogP contribution in [0.5, 0.6) is 0 Å². The number of hydrazone groups is 1. The summed E-state index contributed by atoms with van der Waals surface area (Å²) in [7, 11) is 2.08. The number of hydrogen-bond donors (Lipinski definition) is 3. The van der Waals surface area contributed by atoms with Crippen molar-refractivity contribution in [3.63, 3.8) is 0 Å². The van der Waals surface area contributed by atoms with Gasteiger partial charge in [-0.1, -0.05) is 34.6 Å². The van der Waals surface area contributed by atoms with E-state index in [1.165, 1.54) is 0 Å². The van der Waals surface area contributed by atoms with E-state index in [0.29, 0.717) is 5.84 Å². The predicted octanol–water partition coefficient (Wildman–Crippen LogP) is 1.12. The van der Waals surface area contributed by atoms with Crippen molar-refractivity contribution in [1.82, 2.24) is 10.4 Å².